The van der Waals surface area contributed by atoms with E-state index in [0.717, 1.165) is 16.5 Å². The van der Waals surface area contributed by atoms with Crippen LogP contribution in [0.3, 0.4) is 0 Å². The van der Waals surface area contributed by atoms with E-state index in [1.54, 1.807) is 6.08 Å². The van der Waals surface area contributed by atoms with Crippen molar-refractivity contribution in [3.8, 4) is 0 Å². The number of alkyl carbamates (subject to hydrolysis) is 1. The number of halogens is 1. The average Bonchev–Trinajstić information content (AvgIpc) is 2.34. The Labute approximate surface area is 110 Å². The Morgan fingerprint density at radius 3 is 2.71 bits per heavy atom. The fourth-order valence-electron chi connectivity index (χ4n) is 1.29. The zero-order valence-electron chi connectivity index (χ0n) is 9.78. The van der Waals surface area contributed by atoms with E-state index in [-0.39, 0.29) is 0 Å². The Bertz CT molecular complexity index is 376. The van der Waals surface area contributed by atoms with Gasteiger partial charge >= 0.3 is 6.09 Å². The van der Waals surface area contributed by atoms with Gasteiger partial charge < -0.3 is 10.1 Å². The molecule has 0 aliphatic heterocycles. The molecule has 1 atom stereocenters. The molecule has 1 N–H and O–H groups in total. The van der Waals surface area contributed by atoms with Gasteiger partial charge in [-0.2, -0.15) is 0 Å². The largest absolute Gasteiger partial charge is 0.437 e. The van der Waals surface area contributed by atoms with E-state index in [2.05, 4.69) is 27.8 Å². The first-order valence-electron chi connectivity index (χ1n) is 5.50. The maximum atomic E-state index is 11.4. The van der Waals surface area contributed by atoms with Crippen molar-refractivity contribution in [1.82, 2.24) is 5.32 Å². The van der Waals surface area contributed by atoms with E-state index in [1.807, 2.05) is 31.2 Å². The highest BCUT2D eigenvalue weighted by Crippen LogP contribution is 2.20. The summed E-state index contributed by atoms with van der Waals surface area (Å²) in [5, 5.41) is 2.66. The van der Waals surface area contributed by atoms with Crippen molar-refractivity contribution in [3.63, 3.8) is 0 Å². The molecule has 0 bridgehead atoms. The van der Waals surface area contributed by atoms with Crippen molar-refractivity contribution in [2.75, 3.05) is 6.54 Å². The molecule has 3 nitrogen and oxygen atoms in total. The van der Waals surface area contributed by atoms with E-state index in [4.69, 9.17) is 4.74 Å². The summed E-state index contributed by atoms with van der Waals surface area (Å²) in [5.74, 6) is 0. The number of benzene rings is 1. The van der Waals surface area contributed by atoms with Crippen molar-refractivity contribution in [2.45, 2.75) is 19.4 Å². The number of hydrogen-bond acceptors (Lipinski definition) is 2. The van der Waals surface area contributed by atoms with Gasteiger partial charge in [-0.1, -0.05) is 41.6 Å². The summed E-state index contributed by atoms with van der Waals surface area (Å²) in [5.41, 5.74) is 0.898. The molecule has 1 aromatic carbocycles. The Morgan fingerprint density at radius 2 is 2.18 bits per heavy atom. The number of hydrogen-bond donors (Lipinski definition) is 1. The standard InChI is InChI=1S/C13H16BrNO2/c1-3-9-15-13(16)17-12(4-2)10-5-7-11(14)8-6-10/h4-8,12H,2-3,9H2,1H3,(H,15,16)/t12-/m1/s1. The Hall–Kier alpha value is -1.29. The van der Waals surface area contributed by atoms with Gasteiger partial charge in [0.25, 0.3) is 0 Å². The molecule has 0 fully saturated rings. The summed E-state index contributed by atoms with van der Waals surface area (Å²) in [6.45, 7) is 6.28. The van der Waals surface area contributed by atoms with Gasteiger partial charge in [0.15, 0.2) is 0 Å². The predicted octanol–water partition coefficient (Wildman–Crippen LogP) is 3.81. The lowest BCUT2D eigenvalue weighted by Crippen LogP contribution is -2.26. The van der Waals surface area contributed by atoms with Crippen LogP contribution in [0.25, 0.3) is 0 Å². The van der Waals surface area contributed by atoms with Crippen LogP contribution in [-0.2, 0) is 4.74 Å². The molecule has 1 amide bonds. The first-order chi connectivity index (χ1) is 8.17. The highest BCUT2D eigenvalue weighted by atomic mass is 79.9. The monoisotopic (exact) mass is 297 g/mol. The third kappa shape index (κ3) is 4.61. The Balaban J connectivity index is 2.62. The summed E-state index contributed by atoms with van der Waals surface area (Å²) >= 11 is 3.36. The zero-order valence-corrected chi connectivity index (χ0v) is 11.4. The van der Waals surface area contributed by atoms with Crippen molar-refractivity contribution in [3.05, 3.63) is 47.0 Å². The first-order valence-corrected chi connectivity index (χ1v) is 6.29. The average molecular weight is 298 g/mol. The summed E-state index contributed by atoms with van der Waals surface area (Å²) in [7, 11) is 0. The van der Waals surface area contributed by atoms with Gasteiger partial charge in [-0.25, -0.2) is 4.79 Å². The van der Waals surface area contributed by atoms with Crippen LogP contribution in [0.15, 0.2) is 41.4 Å². The Kier molecular flexibility index (Phi) is 5.77. The van der Waals surface area contributed by atoms with Gasteiger partial charge in [-0.3, -0.25) is 0 Å². The van der Waals surface area contributed by atoms with E-state index in [9.17, 15) is 4.79 Å². The normalized spacial score (nSPS) is 11.6. The second kappa shape index (κ2) is 7.12. The quantitative estimate of drug-likeness (QED) is 0.839. The molecule has 0 aromatic heterocycles. The molecule has 0 unspecified atom stereocenters. The molecule has 0 saturated carbocycles. The summed E-state index contributed by atoms with van der Waals surface area (Å²) < 4.78 is 6.23. The Morgan fingerprint density at radius 1 is 1.53 bits per heavy atom. The summed E-state index contributed by atoms with van der Waals surface area (Å²) in [4.78, 5) is 11.4. The maximum Gasteiger partial charge on any atom is 0.408 e. The van der Waals surface area contributed by atoms with Gasteiger partial charge in [0.1, 0.15) is 6.10 Å². The molecule has 0 saturated heterocycles. The van der Waals surface area contributed by atoms with Gasteiger partial charge in [0.2, 0.25) is 0 Å². The van der Waals surface area contributed by atoms with Crippen molar-refractivity contribution in [2.24, 2.45) is 0 Å². The molecule has 0 aliphatic carbocycles. The predicted molar refractivity (Wildman–Crippen MR) is 71.9 cm³/mol. The van der Waals surface area contributed by atoms with Gasteiger partial charge in [-0.15, -0.1) is 0 Å². The third-order valence-corrected chi connectivity index (χ3v) is 2.69. The minimum atomic E-state index is -0.417. The lowest BCUT2D eigenvalue weighted by Gasteiger charge is -2.14. The molecule has 92 valence electrons. The van der Waals surface area contributed by atoms with Crippen molar-refractivity contribution >= 4 is 22.0 Å². The summed E-state index contributed by atoms with van der Waals surface area (Å²) in [6.07, 6.45) is 1.65. The number of amides is 1. The zero-order chi connectivity index (χ0) is 12.7. The molecule has 1 aromatic rings. The van der Waals surface area contributed by atoms with Crippen molar-refractivity contribution in [1.29, 1.82) is 0 Å². The lowest BCUT2D eigenvalue weighted by atomic mass is 10.1. The van der Waals surface area contributed by atoms with Crippen LogP contribution in [0.4, 0.5) is 4.79 Å². The van der Waals surface area contributed by atoms with E-state index in [1.165, 1.54) is 0 Å². The second-order valence-corrected chi connectivity index (χ2v) is 4.46. The molecule has 0 heterocycles. The second-order valence-electron chi connectivity index (χ2n) is 3.54. The first kappa shape index (κ1) is 13.8. The van der Waals surface area contributed by atoms with Gasteiger partial charge in [0, 0.05) is 11.0 Å². The molecular formula is C13H16BrNO2. The van der Waals surface area contributed by atoms with E-state index >= 15 is 0 Å². The molecule has 17 heavy (non-hydrogen) atoms. The van der Waals surface area contributed by atoms with E-state index in [0.29, 0.717) is 6.54 Å². The topological polar surface area (TPSA) is 38.3 Å². The van der Waals surface area contributed by atoms with Crippen molar-refractivity contribution < 1.29 is 9.53 Å². The third-order valence-electron chi connectivity index (χ3n) is 2.17. The fourth-order valence-corrected chi connectivity index (χ4v) is 1.55. The number of rotatable bonds is 5. The molecule has 1 rings (SSSR count). The highest BCUT2D eigenvalue weighted by molar-refractivity contribution is 9.10. The highest BCUT2D eigenvalue weighted by Gasteiger charge is 2.12. The molecule has 4 heteroatoms. The number of nitrogens with one attached hydrogen (secondary N) is 1. The van der Waals surface area contributed by atoms with Crippen LogP contribution in [-0.4, -0.2) is 12.6 Å². The van der Waals surface area contributed by atoms with Crippen LogP contribution in [0.2, 0.25) is 0 Å². The molecular weight excluding hydrogens is 282 g/mol. The van der Waals surface area contributed by atoms with Crippen LogP contribution in [0.5, 0.6) is 0 Å². The summed E-state index contributed by atoms with van der Waals surface area (Å²) in [6, 6.07) is 7.59. The van der Waals surface area contributed by atoms with Gasteiger partial charge in [0.05, 0.1) is 0 Å². The minimum Gasteiger partial charge on any atom is -0.437 e. The molecule has 0 aliphatic rings. The fraction of sp³-hybridized carbons (Fsp3) is 0.308. The number of ether oxygens (including phenoxy) is 1. The van der Waals surface area contributed by atoms with E-state index < -0.39 is 12.2 Å². The smallest absolute Gasteiger partial charge is 0.408 e. The van der Waals surface area contributed by atoms with Gasteiger partial charge in [-0.05, 0) is 30.2 Å². The minimum absolute atomic E-state index is 0.417. The van der Waals surface area contributed by atoms with Crippen LogP contribution < -0.4 is 5.32 Å². The number of carbonyl (C=O) groups is 1. The number of carbonyl (C=O) groups excluding carboxylic acids is 1. The lowest BCUT2D eigenvalue weighted by molar-refractivity contribution is 0.120. The van der Waals surface area contributed by atoms with Crippen LogP contribution in [0.1, 0.15) is 25.0 Å². The maximum absolute atomic E-state index is 11.4. The molecule has 0 radical (unpaired) electrons. The van der Waals surface area contributed by atoms with Crippen LogP contribution in [0, 0.1) is 0 Å². The SMILES string of the molecule is C=C[C@@H](OC(=O)NCCC)c1ccc(Br)cc1. The molecule has 0 spiro atoms. The van der Waals surface area contributed by atoms with Crippen LogP contribution >= 0.6 is 15.9 Å².